The summed E-state index contributed by atoms with van der Waals surface area (Å²) in [5.41, 5.74) is 2.10. The fourth-order valence-electron chi connectivity index (χ4n) is 1.89. The molecule has 0 atom stereocenters. The fourth-order valence-corrected chi connectivity index (χ4v) is 2.06. The van der Waals surface area contributed by atoms with E-state index in [-0.39, 0.29) is 18.0 Å². The normalized spacial score (nSPS) is 10.4. The minimum absolute atomic E-state index is 0.185. The molecule has 0 aliphatic rings. The predicted octanol–water partition coefficient (Wildman–Crippen LogP) is 4.37. The smallest absolute Gasteiger partial charge is 0.226 e. The molecule has 0 spiro atoms. The molecule has 6 heteroatoms. The molecule has 1 amide bonds. The number of anilines is 2. The van der Waals surface area contributed by atoms with E-state index in [2.05, 4.69) is 10.6 Å². The van der Waals surface area contributed by atoms with E-state index in [0.29, 0.717) is 11.6 Å². The van der Waals surface area contributed by atoms with E-state index < -0.39 is 11.6 Å². The van der Waals surface area contributed by atoms with Crippen molar-refractivity contribution in [2.75, 3.05) is 17.2 Å². The van der Waals surface area contributed by atoms with Crippen molar-refractivity contribution in [3.8, 4) is 0 Å². The SMILES string of the molecule is Cc1ccc(Cl)cc1NCCC(=O)Nc1ccc(F)c(F)c1. The largest absolute Gasteiger partial charge is 0.384 e. The van der Waals surface area contributed by atoms with E-state index in [9.17, 15) is 13.6 Å². The number of benzene rings is 2. The van der Waals surface area contributed by atoms with E-state index >= 15 is 0 Å². The molecule has 0 aliphatic heterocycles. The lowest BCUT2D eigenvalue weighted by atomic mass is 10.2. The van der Waals surface area contributed by atoms with E-state index in [4.69, 9.17) is 11.6 Å². The highest BCUT2D eigenvalue weighted by Crippen LogP contribution is 2.20. The molecule has 0 radical (unpaired) electrons. The zero-order valence-electron chi connectivity index (χ0n) is 11.9. The highest BCUT2D eigenvalue weighted by Gasteiger charge is 2.06. The van der Waals surface area contributed by atoms with Crippen LogP contribution in [0.3, 0.4) is 0 Å². The molecule has 0 unspecified atom stereocenters. The van der Waals surface area contributed by atoms with Gasteiger partial charge in [-0.25, -0.2) is 8.78 Å². The quantitative estimate of drug-likeness (QED) is 0.857. The van der Waals surface area contributed by atoms with Crippen molar-refractivity contribution in [2.24, 2.45) is 0 Å². The third-order valence-electron chi connectivity index (χ3n) is 3.07. The second kappa shape index (κ2) is 7.22. The maximum atomic E-state index is 13.0. The van der Waals surface area contributed by atoms with Crippen molar-refractivity contribution in [1.82, 2.24) is 0 Å². The first-order chi connectivity index (χ1) is 10.5. The Morgan fingerprint density at radius 2 is 1.91 bits per heavy atom. The van der Waals surface area contributed by atoms with Crippen LogP contribution in [0.1, 0.15) is 12.0 Å². The van der Waals surface area contributed by atoms with Gasteiger partial charge in [-0.05, 0) is 36.8 Å². The molecule has 0 heterocycles. The van der Waals surface area contributed by atoms with Gasteiger partial charge in [0.25, 0.3) is 0 Å². The molecule has 2 aromatic rings. The van der Waals surface area contributed by atoms with Gasteiger partial charge in [0.2, 0.25) is 5.91 Å². The second-order valence-corrected chi connectivity index (χ2v) is 5.25. The molecular formula is C16H15ClF2N2O. The Balaban J connectivity index is 1.85. The molecule has 0 aliphatic carbocycles. The number of rotatable bonds is 5. The summed E-state index contributed by atoms with van der Waals surface area (Å²) in [5.74, 6) is -2.24. The number of amides is 1. The van der Waals surface area contributed by atoms with E-state index in [0.717, 1.165) is 23.4 Å². The number of carbonyl (C=O) groups is 1. The van der Waals surface area contributed by atoms with Crippen molar-refractivity contribution in [3.05, 3.63) is 58.6 Å². The molecule has 116 valence electrons. The predicted molar refractivity (Wildman–Crippen MR) is 84.3 cm³/mol. The Morgan fingerprint density at radius 1 is 1.14 bits per heavy atom. The van der Waals surface area contributed by atoms with Crippen LogP contribution in [-0.2, 0) is 4.79 Å². The lowest BCUT2D eigenvalue weighted by molar-refractivity contribution is -0.115. The lowest BCUT2D eigenvalue weighted by Crippen LogP contribution is -2.16. The number of nitrogens with one attached hydrogen (secondary N) is 2. The Kier molecular flexibility index (Phi) is 5.33. The van der Waals surface area contributed by atoms with E-state index in [1.807, 2.05) is 13.0 Å². The molecule has 2 aromatic carbocycles. The van der Waals surface area contributed by atoms with E-state index in [1.165, 1.54) is 6.07 Å². The standard InChI is InChI=1S/C16H15ClF2N2O/c1-10-2-3-11(17)8-15(10)20-7-6-16(22)21-12-4-5-13(18)14(19)9-12/h2-5,8-9,20H,6-7H2,1H3,(H,21,22). The Bertz CT molecular complexity index is 692. The maximum absolute atomic E-state index is 13.0. The Labute approximate surface area is 132 Å². The van der Waals surface area contributed by atoms with Crippen LogP contribution in [0.25, 0.3) is 0 Å². The van der Waals surface area contributed by atoms with Gasteiger partial charge >= 0.3 is 0 Å². The van der Waals surface area contributed by atoms with Crippen LogP contribution in [0.5, 0.6) is 0 Å². The van der Waals surface area contributed by atoms with Crippen molar-refractivity contribution < 1.29 is 13.6 Å². The average Bonchev–Trinajstić information content (AvgIpc) is 2.46. The molecule has 0 fully saturated rings. The Hall–Kier alpha value is -2.14. The van der Waals surface area contributed by atoms with Gasteiger partial charge in [0.1, 0.15) is 0 Å². The summed E-state index contributed by atoms with van der Waals surface area (Å²) in [6, 6.07) is 8.68. The highest BCUT2D eigenvalue weighted by molar-refractivity contribution is 6.30. The number of hydrogen-bond donors (Lipinski definition) is 2. The second-order valence-electron chi connectivity index (χ2n) is 4.81. The number of halogens is 3. The van der Waals surface area contributed by atoms with Gasteiger partial charge in [-0.1, -0.05) is 17.7 Å². The molecule has 22 heavy (non-hydrogen) atoms. The summed E-state index contributed by atoms with van der Waals surface area (Å²) in [6.45, 7) is 2.33. The first-order valence-corrected chi connectivity index (χ1v) is 7.08. The first kappa shape index (κ1) is 16.2. The molecule has 0 saturated carbocycles. The summed E-state index contributed by atoms with van der Waals surface area (Å²) in [6.07, 6.45) is 0.185. The van der Waals surface area contributed by atoms with Crippen LogP contribution in [-0.4, -0.2) is 12.5 Å². The highest BCUT2D eigenvalue weighted by atomic mass is 35.5. The van der Waals surface area contributed by atoms with E-state index in [1.54, 1.807) is 12.1 Å². The molecule has 2 N–H and O–H groups in total. The van der Waals surface area contributed by atoms with Gasteiger partial charge in [0.05, 0.1) is 0 Å². The Morgan fingerprint density at radius 3 is 2.64 bits per heavy atom. The van der Waals surface area contributed by atoms with Crippen molar-refractivity contribution >= 4 is 28.9 Å². The monoisotopic (exact) mass is 324 g/mol. The van der Waals surface area contributed by atoms with Gasteiger partial charge in [-0.2, -0.15) is 0 Å². The summed E-state index contributed by atoms with van der Waals surface area (Å²) in [4.78, 5) is 11.8. The summed E-state index contributed by atoms with van der Waals surface area (Å²) in [7, 11) is 0. The van der Waals surface area contributed by atoms with Gasteiger partial charge in [-0.15, -0.1) is 0 Å². The van der Waals surface area contributed by atoms with Crippen LogP contribution < -0.4 is 10.6 Å². The van der Waals surface area contributed by atoms with Crippen molar-refractivity contribution in [3.63, 3.8) is 0 Å². The number of carbonyl (C=O) groups excluding carboxylic acids is 1. The number of aryl methyl sites for hydroxylation is 1. The maximum Gasteiger partial charge on any atom is 0.226 e. The van der Waals surface area contributed by atoms with Gasteiger partial charge in [0.15, 0.2) is 11.6 Å². The van der Waals surface area contributed by atoms with Crippen LogP contribution in [0.15, 0.2) is 36.4 Å². The summed E-state index contributed by atoms with van der Waals surface area (Å²) in [5, 5.41) is 6.23. The molecule has 0 bridgehead atoms. The molecule has 0 saturated heterocycles. The summed E-state index contributed by atoms with van der Waals surface area (Å²) >= 11 is 5.91. The fraction of sp³-hybridized carbons (Fsp3) is 0.188. The molecular weight excluding hydrogens is 310 g/mol. The average molecular weight is 325 g/mol. The van der Waals surface area contributed by atoms with Crippen molar-refractivity contribution in [1.29, 1.82) is 0 Å². The summed E-state index contributed by atoms with van der Waals surface area (Å²) < 4.78 is 25.8. The first-order valence-electron chi connectivity index (χ1n) is 6.70. The van der Waals surface area contributed by atoms with Crippen LogP contribution in [0, 0.1) is 18.6 Å². The zero-order chi connectivity index (χ0) is 16.1. The molecule has 3 nitrogen and oxygen atoms in total. The third kappa shape index (κ3) is 4.43. The van der Waals surface area contributed by atoms with Crippen molar-refractivity contribution in [2.45, 2.75) is 13.3 Å². The molecule has 2 rings (SSSR count). The van der Waals surface area contributed by atoms with Gasteiger partial charge in [0, 0.05) is 35.4 Å². The minimum atomic E-state index is -0.995. The molecule has 0 aromatic heterocycles. The van der Waals surface area contributed by atoms with Crippen LogP contribution >= 0.6 is 11.6 Å². The number of hydrogen-bond acceptors (Lipinski definition) is 2. The minimum Gasteiger partial charge on any atom is -0.384 e. The lowest BCUT2D eigenvalue weighted by Gasteiger charge is -2.10. The van der Waals surface area contributed by atoms with Crippen LogP contribution in [0.2, 0.25) is 5.02 Å². The van der Waals surface area contributed by atoms with Gasteiger partial charge in [-0.3, -0.25) is 4.79 Å². The van der Waals surface area contributed by atoms with Crippen LogP contribution in [0.4, 0.5) is 20.2 Å². The van der Waals surface area contributed by atoms with Gasteiger partial charge < -0.3 is 10.6 Å². The topological polar surface area (TPSA) is 41.1 Å². The zero-order valence-corrected chi connectivity index (χ0v) is 12.7. The third-order valence-corrected chi connectivity index (χ3v) is 3.31.